The van der Waals surface area contributed by atoms with Gasteiger partial charge in [0.05, 0.1) is 25.0 Å². The van der Waals surface area contributed by atoms with Crippen LogP contribution in [-0.2, 0) is 29.9 Å². The van der Waals surface area contributed by atoms with Crippen molar-refractivity contribution < 1.29 is 23.3 Å². The van der Waals surface area contributed by atoms with Gasteiger partial charge in [0.2, 0.25) is 0 Å². The van der Waals surface area contributed by atoms with E-state index in [0.717, 1.165) is 5.56 Å². The molecule has 0 fully saturated rings. The van der Waals surface area contributed by atoms with Crippen LogP contribution in [0.5, 0.6) is 0 Å². The molecular weight excluding hydrogens is 316 g/mol. The van der Waals surface area contributed by atoms with Crippen molar-refractivity contribution >= 4 is 22.7 Å². The number of allylic oxidation sites excluding steroid dienone is 1. The highest BCUT2D eigenvalue weighted by Gasteiger charge is 2.34. The molecule has 0 aliphatic rings. The minimum absolute atomic E-state index is 0.440. The average Bonchev–Trinajstić information content (AvgIpc) is 2.57. The summed E-state index contributed by atoms with van der Waals surface area (Å²) >= 11 is 0. The first-order valence-corrected chi connectivity index (χ1v) is 8.47. The van der Waals surface area contributed by atoms with E-state index >= 15 is 0 Å². The maximum Gasteiger partial charge on any atom is 0.320 e. The van der Waals surface area contributed by atoms with E-state index in [2.05, 4.69) is 9.47 Å². The molecule has 0 saturated heterocycles. The van der Waals surface area contributed by atoms with Gasteiger partial charge in [-0.05, 0) is 25.5 Å². The normalized spacial score (nSPS) is 13.8. The Morgan fingerprint density at radius 1 is 1.13 bits per heavy atom. The maximum atomic E-state index is 12.3. The molecule has 0 saturated carbocycles. The number of hydrogen-bond acceptors (Lipinski definition) is 5. The van der Waals surface area contributed by atoms with Crippen LogP contribution in [0.1, 0.15) is 18.9 Å². The van der Waals surface area contributed by atoms with Gasteiger partial charge in [0, 0.05) is 16.2 Å². The summed E-state index contributed by atoms with van der Waals surface area (Å²) in [5.41, 5.74) is 1.08. The van der Waals surface area contributed by atoms with Crippen LogP contribution in [0.15, 0.2) is 40.6 Å². The Labute approximate surface area is 139 Å². The highest BCUT2D eigenvalue weighted by molar-refractivity contribution is 7.88. The number of esters is 2. The Hall–Kier alpha value is -1.95. The first-order valence-electron chi connectivity index (χ1n) is 7.25. The van der Waals surface area contributed by atoms with Crippen LogP contribution in [0.25, 0.3) is 0 Å². The molecule has 0 spiro atoms. The van der Waals surface area contributed by atoms with E-state index in [9.17, 15) is 13.8 Å². The zero-order valence-electron chi connectivity index (χ0n) is 13.8. The van der Waals surface area contributed by atoms with Crippen LogP contribution >= 0.6 is 0 Å². The number of benzene rings is 1. The SMILES string of the molecule is CC[C@H](/C=C/S(=O)c1ccc(C)cc1)C(C(=O)OC)C(=O)OC. The molecular formula is C17H22O5S. The highest BCUT2D eigenvalue weighted by Crippen LogP contribution is 2.22. The summed E-state index contributed by atoms with van der Waals surface area (Å²) < 4.78 is 21.6. The van der Waals surface area contributed by atoms with Gasteiger partial charge in [0.25, 0.3) is 0 Å². The third kappa shape index (κ3) is 5.32. The first-order chi connectivity index (χ1) is 10.9. The lowest BCUT2D eigenvalue weighted by molar-refractivity contribution is -0.160. The van der Waals surface area contributed by atoms with Crippen LogP contribution < -0.4 is 0 Å². The topological polar surface area (TPSA) is 69.7 Å². The molecule has 0 bridgehead atoms. The lowest BCUT2D eigenvalue weighted by Gasteiger charge is -2.18. The van der Waals surface area contributed by atoms with Crippen LogP contribution in [0.3, 0.4) is 0 Å². The van der Waals surface area contributed by atoms with Crippen molar-refractivity contribution in [2.75, 3.05) is 14.2 Å². The van der Waals surface area contributed by atoms with E-state index in [1.54, 1.807) is 18.2 Å². The molecule has 0 radical (unpaired) electrons. The van der Waals surface area contributed by atoms with Crippen LogP contribution in [0.2, 0.25) is 0 Å². The standard InChI is InChI=1S/C17H22O5S/c1-5-13(15(16(18)21-3)17(19)22-4)10-11-23(20)14-8-6-12(2)7-9-14/h6-11,13,15H,5H2,1-4H3/b11-10+/t13-,23?/m1/s1. The Morgan fingerprint density at radius 3 is 2.09 bits per heavy atom. The number of carbonyl (C=O) groups is 2. The second kappa shape index (κ2) is 9.25. The summed E-state index contributed by atoms with van der Waals surface area (Å²) in [4.78, 5) is 24.3. The largest absolute Gasteiger partial charge is 0.468 e. The molecule has 0 aliphatic heterocycles. The van der Waals surface area contributed by atoms with Crippen molar-refractivity contribution in [3.8, 4) is 0 Å². The molecule has 5 nitrogen and oxygen atoms in total. The van der Waals surface area contributed by atoms with Gasteiger partial charge >= 0.3 is 11.9 Å². The minimum Gasteiger partial charge on any atom is -0.468 e. The van der Waals surface area contributed by atoms with Gasteiger partial charge in [-0.3, -0.25) is 9.59 Å². The van der Waals surface area contributed by atoms with Crippen LogP contribution in [0, 0.1) is 18.8 Å². The van der Waals surface area contributed by atoms with Crippen molar-refractivity contribution in [1.29, 1.82) is 0 Å². The van der Waals surface area contributed by atoms with Gasteiger partial charge in [-0.1, -0.05) is 30.7 Å². The summed E-state index contributed by atoms with van der Waals surface area (Å²) in [7, 11) is 1.10. The fourth-order valence-corrected chi connectivity index (χ4v) is 3.01. The number of methoxy groups -OCH3 is 2. The van der Waals surface area contributed by atoms with Crippen molar-refractivity contribution in [2.24, 2.45) is 11.8 Å². The molecule has 2 atom stereocenters. The molecule has 1 aromatic rings. The lowest BCUT2D eigenvalue weighted by atomic mass is 9.90. The smallest absolute Gasteiger partial charge is 0.320 e. The van der Waals surface area contributed by atoms with E-state index in [-0.39, 0.29) is 0 Å². The highest BCUT2D eigenvalue weighted by atomic mass is 32.2. The predicted molar refractivity (Wildman–Crippen MR) is 88.0 cm³/mol. The Balaban J connectivity index is 2.95. The van der Waals surface area contributed by atoms with E-state index in [1.807, 2.05) is 26.0 Å². The molecule has 0 amide bonds. The Morgan fingerprint density at radius 2 is 1.65 bits per heavy atom. The van der Waals surface area contributed by atoms with Crippen molar-refractivity contribution in [3.05, 3.63) is 41.3 Å². The minimum atomic E-state index is -1.35. The molecule has 0 aliphatic carbocycles. The van der Waals surface area contributed by atoms with Crippen LogP contribution in [-0.4, -0.2) is 30.4 Å². The third-order valence-electron chi connectivity index (χ3n) is 3.51. The Kier molecular flexibility index (Phi) is 7.68. The summed E-state index contributed by atoms with van der Waals surface area (Å²) in [5, 5.41) is 1.50. The lowest BCUT2D eigenvalue weighted by Crippen LogP contribution is -2.32. The molecule has 0 aromatic heterocycles. The predicted octanol–water partition coefficient (Wildman–Crippen LogP) is 2.60. The number of hydrogen-bond donors (Lipinski definition) is 0. The van der Waals surface area contributed by atoms with Gasteiger partial charge in [0.15, 0.2) is 5.92 Å². The average molecular weight is 338 g/mol. The molecule has 1 unspecified atom stereocenters. The number of carbonyl (C=O) groups excluding carboxylic acids is 2. The zero-order chi connectivity index (χ0) is 17.4. The van der Waals surface area contributed by atoms with Gasteiger partial charge in [0.1, 0.15) is 0 Å². The van der Waals surface area contributed by atoms with E-state index in [4.69, 9.17) is 0 Å². The maximum absolute atomic E-state index is 12.3. The van der Waals surface area contributed by atoms with Gasteiger partial charge < -0.3 is 9.47 Å². The summed E-state index contributed by atoms with van der Waals surface area (Å²) in [6.07, 6.45) is 2.13. The van der Waals surface area contributed by atoms with Gasteiger partial charge in [-0.2, -0.15) is 0 Å². The summed E-state index contributed by atoms with van der Waals surface area (Å²) in [6.45, 7) is 3.79. The van der Waals surface area contributed by atoms with Crippen molar-refractivity contribution in [3.63, 3.8) is 0 Å². The number of ether oxygens (including phenoxy) is 2. The molecule has 1 aromatic carbocycles. The molecule has 0 heterocycles. The zero-order valence-corrected chi connectivity index (χ0v) is 14.6. The fraction of sp³-hybridized carbons (Fsp3) is 0.412. The van der Waals surface area contributed by atoms with Crippen LogP contribution in [0.4, 0.5) is 0 Å². The molecule has 23 heavy (non-hydrogen) atoms. The molecule has 0 N–H and O–H groups in total. The molecule has 126 valence electrons. The summed E-state index contributed by atoms with van der Waals surface area (Å²) in [5.74, 6) is -2.81. The fourth-order valence-electron chi connectivity index (χ4n) is 2.11. The van der Waals surface area contributed by atoms with Crippen molar-refractivity contribution in [1.82, 2.24) is 0 Å². The monoisotopic (exact) mass is 338 g/mol. The van der Waals surface area contributed by atoms with Gasteiger partial charge in [-0.25, -0.2) is 4.21 Å². The second-order valence-electron chi connectivity index (χ2n) is 5.04. The van der Waals surface area contributed by atoms with Gasteiger partial charge in [-0.15, -0.1) is 0 Å². The van der Waals surface area contributed by atoms with Crippen molar-refractivity contribution in [2.45, 2.75) is 25.2 Å². The first kappa shape index (κ1) is 19.1. The number of rotatable bonds is 7. The number of aryl methyl sites for hydroxylation is 1. The quantitative estimate of drug-likeness (QED) is 0.564. The van der Waals surface area contributed by atoms with E-state index < -0.39 is 34.6 Å². The summed E-state index contributed by atoms with van der Waals surface area (Å²) in [6, 6.07) is 7.33. The van der Waals surface area contributed by atoms with E-state index in [1.165, 1.54) is 19.6 Å². The molecule has 1 rings (SSSR count). The third-order valence-corrected chi connectivity index (χ3v) is 4.65. The van der Waals surface area contributed by atoms with E-state index in [0.29, 0.717) is 11.3 Å². The Bertz CT molecular complexity index is 576. The second-order valence-corrected chi connectivity index (χ2v) is 6.37. The molecule has 6 heteroatoms.